The van der Waals surface area contributed by atoms with E-state index < -0.39 is 16.8 Å². The fourth-order valence-corrected chi connectivity index (χ4v) is 4.39. The first kappa shape index (κ1) is 21.3. The molecule has 2 aromatic carbocycles. The van der Waals surface area contributed by atoms with E-state index in [0.29, 0.717) is 30.5 Å². The molecule has 2 aromatic rings. The number of nitro benzene ring substituents is 1. The smallest absolute Gasteiger partial charge is 0.338 e. The van der Waals surface area contributed by atoms with Gasteiger partial charge in [0.05, 0.1) is 23.0 Å². The number of benzene rings is 2. The van der Waals surface area contributed by atoms with Gasteiger partial charge in [-0.3, -0.25) is 19.8 Å². The van der Waals surface area contributed by atoms with Crippen molar-refractivity contribution in [3.8, 4) is 0 Å². The van der Waals surface area contributed by atoms with Crippen LogP contribution in [0.2, 0.25) is 0 Å². The predicted octanol–water partition coefficient (Wildman–Crippen LogP) is 3.94. The zero-order valence-corrected chi connectivity index (χ0v) is 17.6. The van der Waals surface area contributed by atoms with Crippen LogP contribution < -0.4 is 10.6 Å². The van der Waals surface area contributed by atoms with Crippen molar-refractivity contribution in [1.82, 2.24) is 0 Å². The van der Waals surface area contributed by atoms with E-state index in [4.69, 9.17) is 10.5 Å². The number of ether oxygens (including phenoxy) is 1. The zero-order chi connectivity index (χ0) is 22.8. The molecule has 2 N–H and O–H groups in total. The van der Waals surface area contributed by atoms with Crippen LogP contribution in [-0.4, -0.2) is 23.3 Å². The van der Waals surface area contributed by atoms with E-state index in [-0.39, 0.29) is 29.5 Å². The first-order valence-electron chi connectivity index (χ1n) is 10.5. The lowest BCUT2D eigenvalue weighted by atomic mass is 9.75. The fourth-order valence-electron chi connectivity index (χ4n) is 4.39. The number of non-ortho nitro benzene ring substituents is 1. The molecule has 0 radical (unpaired) electrons. The molecule has 1 aliphatic carbocycles. The van der Waals surface area contributed by atoms with Crippen molar-refractivity contribution in [3.05, 3.63) is 92.9 Å². The molecule has 0 spiro atoms. The summed E-state index contributed by atoms with van der Waals surface area (Å²) in [6, 6.07) is 15.2. The van der Waals surface area contributed by atoms with Crippen molar-refractivity contribution in [2.75, 3.05) is 11.5 Å². The Kier molecular flexibility index (Phi) is 5.77. The monoisotopic (exact) mass is 433 g/mol. The first-order chi connectivity index (χ1) is 15.4. The van der Waals surface area contributed by atoms with Crippen molar-refractivity contribution in [2.24, 2.45) is 5.73 Å². The summed E-state index contributed by atoms with van der Waals surface area (Å²) >= 11 is 0. The molecular formula is C24H23N3O5. The average molecular weight is 433 g/mol. The van der Waals surface area contributed by atoms with Gasteiger partial charge < -0.3 is 10.5 Å². The van der Waals surface area contributed by atoms with Crippen LogP contribution >= 0.6 is 0 Å². The molecule has 0 aromatic heterocycles. The molecule has 8 nitrogen and oxygen atoms in total. The Balaban J connectivity index is 1.95. The summed E-state index contributed by atoms with van der Waals surface area (Å²) in [4.78, 5) is 38.5. The molecule has 1 aliphatic heterocycles. The number of nitrogens with zero attached hydrogens (tertiary/aromatic N) is 2. The molecule has 1 heterocycles. The van der Waals surface area contributed by atoms with Crippen LogP contribution in [0.4, 0.5) is 11.4 Å². The number of ketones is 1. The van der Waals surface area contributed by atoms with Gasteiger partial charge in [-0.25, -0.2) is 4.79 Å². The summed E-state index contributed by atoms with van der Waals surface area (Å²) in [6.45, 7) is 1.87. The largest absolute Gasteiger partial charge is 0.463 e. The molecule has 164 valence electrons. The zero-order valence-electron chi connectivity index (χ0n) is 17.6. The molecule has 0 saturated heterocycles. The van der Waals surface area contributed by atoms with Crippen LogP contribution in [-0.2, 0) is 14.3 Å². The van der Waals surface area contributed by atoms with Gasteiger partial charge in [0.2, 0.25) is 0 Å². The van der Waals surface area contributed by atoms with Crippen LogP contribution in [0.25, 0.3) is 0 Å². The summed E-state index contributed by atoms with van der Waals surface area (Å²) in [5, 5.41) is 11.1. The second-order valence-electron chi connectivity index (χ2n) is 7.61. The maximum atomic E-state index is 13.2. The van der Waals surface area contributed by atoms with Gasteiger partial charge in [0, 0.05) is 35.5 Å². The molecule has 32 heavy (non-hydrogen) atoms. The van der Waals surface area contributed by atoms with Crippen LogP contribution in [0.5, 0.6) is 0 Å². The molecule has 0 bridgehead atoms. The van der Waals surface area contributed by atoms with E-state index in [2.05, 4.69) is 0 Å². The van der Waals surface area contributed by atoms with Gasteiger partial charge >= 0.3 is 5.97 Å². The third kappa shape index (κ3) is 3.64. The Morgan fingerprint density at radius 2 is 1.84 bits per heavy atom. The minimum absolute atomic E-state index is 0.0405. The average Bonchev–Trinajstić information content (AvgIpc) is 2.79. The van der Waals surface area contributed by atoms with E-state index in [1.807, 2.05) is 30.3 Å². The summed E-state index contributed by atoms with van der Waals surface area (Å²) in [5.74, 6) is -1.09. The standard InChI is InChI=1S/C24H23N3O5/c1-2-32-24(29)22-20(15-7-4-3-5-8-15)21-18(9-6-10-19(21)28)26(23(22)25)16-11-13-17(14-12-16)27(30)31/h3-5,7-8,11-14,20H,2,6,9-10,25H2,1H3. The molecule has 1 unspecified atom stereocenters. The minimum atomic E-state index is -0.632. The Morgan fingerprint density at radius 3 is 2.47 bits per heavy atom. The highest BCUT2D eigenvalue weighted by Crippen LogP contribution is 2.46. The Bertz CT molecular complexity index is 1140. The van der Waals surface area contributed by atoms with Crippen LogP contribution in [0.3, 0.4) is 0 Å². The Hall–Kier alpha value is -3.94. The number of carbonyl (C=O) groups is 2. The van der Waals surface area contributed by atoms with Gasteiger partial charge in [0.25, 0.3) is 5.69 Å². The van der Waals surface area contributed by atoms with E-state index >= 15 is 0 Å². The molecule has 2 aliphatic rings. The van der Waals surface area contributed by atoms with Crippen LogP contribution in [0.15, 0.2) is 77.3 Å². The normalized spacial score (nSPS) is 18.5. The number of rotatable bonds is 5. The topological polar surface area (TPSA) is 116 Å². The lowest BCUT2D eigenvalue weighted by molar-refractivity contribution is -0.384. The maximum absolute atomic E-state index is 13.2. The number of carbonyl (C=O) groups excluding carboxylic acids is 2. The summed E-state index contributed by atoms with van der Waals surface area (Å²) in [7, 11) is 0. The summed E-state index contributed by atoms with van der Waals surface area (Å²) < 4.78 is 5.33. The number of nitrogens with two attached hydrogens (primary N) is 1. The van der Waals surface area contributed by atoms with Crippen molar-refractivity contribution >= 4 is 23.1 Å². The summed E-state index contributed by atoms with van der Waals surface area (Å²) in [5.41, 5.74) is 9.30. The van der Waals surface area contributed by atoms with Gasteiger partial charge in [0.15, 0.2) is 5.78 Å². The fraction of sp³-hybridized carbons (Fsp3) is 0.250. The molecule has 8 heteroatoms. The lowest BCUT2D eigenvalue weighted by Gasteiger charge is -2.40. The summed E-state index contributed by atoms with van der Waals surface area (Å²) in [6.07, 6.45) is 1.63. The predicted molar refractivity (Wildman–Crippen MR) is 118 cm³/mol. The molecule has 0 saturated carbocycles. The number of hydrogen-bond acceptors (Lipinski definition) is 7. The second-order valence-corrected chi connectivity index (χ2v) is 7.61. The van der Waals surface area contributed by atoms with Crippen molar-refractivity contribution in [1.29, 1.82) is 0 Å². The van der Waals surface area contributed by atoms with Crippen molar-refractivity contribution in [3.63, 3.8) is 0 Å². The number of anilines is 1. The number of allylic oxidation sites excluding steroid dienone is 2. The van der Waals surface area contributed by atoms with Gasteiger partial charge in [-0.05, 0) is 37.5 Å². The number of nitro groups is 1. The molecule has 0 amide bonds. The Labute approximate surface area is 185 Å². The van der Waals surface area contributed by atoms with E-state index in [0.717, 1.165) is 11.3 Å². The molecule has 1 atom stereocenters. The highest BCUT2D eigenvalue weighted by molar-refractivity contribution is 6.05. The van der Waals surface area contributed by atoms with Crippen LogP contribution in [0.1, 0.15) is 37.7 Å². The van der Waals surface area contributed by atoms with Gasteiger partial charge in [-0.2, -0.15) is 0 Å². The minimum Gasteiger partial charge on any atom is -0.463 e. The highest BCUT2D eigenvalue weighted by Gasteiger charge is 2.43. The van der Waals surface area contributed by atoms with Crippen molar-refractivity contribution < 1.29 is 19.2 Å². The lowest BCUT2D eigenvalue weighted by Crippen LogP contribution is -2.41. The third-order valence-corrected chi connectivity index (χ3v) is 5.74. The van der Waals surface area contributed by atoms with Crippen molar-refractivity contribution in [2.45, 2.75) is 32.1 Å². The quantitative estimate of drug-likeness (QED) is 0.431. The van der Waals surface area contributed by atoms with Gasteiger partial charge in [0.1, 0.15) is 5.82 Å². The first-order valence-corrected chi connectivity index (χ1v) is 10.5. The van der Waals surface area contributed by atoms with E-state index in [1.165, 1.54) is 12.1 Å². The SMILES string of the molecule is CCOC(=O)C1=C(N)N(c2ccc([N+](=O)[O-])cc2)C2=C(C(=O)CCC2)C1c1ccccc1. The van der Waals surface area contributed by atoms with Crippen LogP contribution in [0, 0.1) is 10.1 Å². The second kappa shape index (κ2) is 8.66. The number of hydrogen-bond donors (Lipinski definition) is 1. The maximum Gasteiger partial charge on any atom is 0.338 e. The number of Topliss-reactive ketones (excluding diaryl/α,β-unsaturated/α-hetero) is 1. The Morgan fingerprint density at radius 1 is 1.16 bits per heavy atom. The molecule has 4 rings (SSSR count). The van der Waals surface area contributed by atoms with Gasteiger partial charge in [-0.1, -0.05) is 30.3 Å². The highest BCUT2D eigenvalue weighted by atomic mass is 16.6. The molecular weight excluding hydrogens is 410 g/mol. The van der Waals surface area contributed by atoms with E-state index in [1.54, 1.807) is 24.0 Å². The number of esters is 1. The third-order valence-electron chi connectivity index (χ3n) is 5.74. The molecule has 0 fully saturated rings. The van der Waals surface area contributed by atoms with E-state index in [9.17, 15) is 19.7 Å². The van der Waals surface area contributed by atoms with Gasteiger partial charge in [-0.15, -0.1) is 0 Å².